The predicted molar refractivity (Wildman–Crippen MR) is 88.9 cm³/mol. The number of aryl methyl sites for hydroxylation is 3. The van der Waals surface area contributed by atoms with Crippen molar-refractivity contribution in [3.63, 3.8) is 0 Å². The van der Waals surface area contributed by atoms with E-state index in [0.717, 1.165) is 28.2 Å². The van der Waals surface area contributed by atoms with Gasteiger partial charge in [-0.2, -0.15) is 0 Å². The van der Waals surface area contributed by atoms with Crippen LogP contribution in [0.3, 0.4) is 0 Å². The Morgan fingerprint density at radius 2 is 1.64 bits per heavy atom. The number of aromatic nitrogens is 3. The minimum atomic E-state index is 0.369. The minimum Gasteiger partial charge on any atom is -0.325 e. The fourth-order valence-electron chi connectivity index (χ4n) is 2.57. The van der Waals surface area contributed by atoms with E-state index in [1.54, 1.807) is 0 Å². The van der Waals surface area contributed by atoms with Crippen LogP contribution in [0.5, 0.6) is 0 Å². The van der Waals surface area contributed by atoms with Crippen LogP contribution in [0.4, 0.5) is 0 Å². The molecule has 0 atom stereocenters. The molecule has 4 nitrogen and oxygen atoms in total. The molecule has 0 unspecified atom stereocenters. The van der Waals surface area contributed by atoms with Gasteiger partial charge in [0.15, 0.2) is 0 Å². The molecular formula is C18H20N4. The zero-order chi connectivity index (χ0) is 15.7. The molecule has 112 valence electrons. The van der Waals surface area contributed by atoms with Crippen LogP contribution in [0.1, 0.15) is 22.4 Å². The highest BCUT2D eigenvalue weighted by Crippen LogP contribution is 2.27. The Morgan fingerprint density at radius 1 is 0.955 bits per heavy atom. The van der Waals surface area contributed by atoms with E-state index in [0.29, 0.717) is 6.54 Å². The lowest BCUT2D eigenvalue weighted by molar-refractivity contribution is 0.795. The molecule has 0 aliphatic rings. The highest BCUT2D eigenvalue weighted by molar-refractivity contribution is 5.65. The van der Waals surface area contributed by atoms with Crippen LogP contribution in [-0.2, 0) is 6.54 Å². The van der Waals surface area contributed by atoms with Crippen molar-refractivity contribution in [3.8, 4) is 16.9 Å². The van der Waals surface area contributed by atoms with Crippen LogP contribution in [-0.4, -0.2) is 15.0 Å². The molecule has 0 fully saturated rings. The molecule has 1 aromatic heterocycles. The van der Waals surface area contributed by atoms with E-state index in [4.69, 9.17) is 5.73 Å². The largest absolute Gasteiger partial charge is 0.325 e. The fraction of sp³-hybridized carbons (Fsp3) is 0.222. The molecule has 22 heavy (non-hydrogen) atoms. The monoisotopic (exact) mass is 292 g/mol. The van der Waals surface area contributed by atoms with Gasteiger partial charge in [0.1, 0.15) is 5.69 Å². The molecule has 0 spiro atoms. The van der Waals surface area contributed by atoms with Crippen LogP contribution < -0.4 is 5.73 Å². The van der Waals surface area contributed by atoms with Gasteiger partial charge in [0, 0.05) is 12.1 Å². The zero-order valence-electron chi connectivity index (χ0n) is 13.2. The Bertz CT molecular complexity index is 800. The Morgan fingerprint density at radius 3 is 2.32 bits per heavy atom. The Labute approximate surface area is 130 Å². The van der Waals surface area contributed by atoms with Gasteiger partial charge in [-0.3, -0.25) is 0 Å². The second kappa shape index (κ2) is 5.73. The van der Waals surface area contributed by atoms with Crippen molar-refractivity contribution in [3.05, 3.63) is 64.8 Å². The van der Waals surface area contributed by atoms with Crippen LogP contribution in [0, 0.1) is 20.8 Å². The second-order valence-electron chi connectivity index (χ2n) is 5.66. The summed E-state index contributed by atoms with van der Waals surface area (Å²) >= 11 is 0. The third-order valence-corrected chi connectivity index (χ3v) is 3.85. The molecule has 0 aliphatic carbocycles. The molecule has 1 heterocycles. The van der Waals surface area contributed by atoms with Gasteiger partial charge in [0.2, 0.25) is 0 Å². The molecule has 0 radical (unpaired) electrons. The first-order chi connectivity index (χ1) is 10.6. The summed E-state index contributed by atoms with van der Waals surface area (Å²) in [7, 11) is 0. The first-order valence-corrected chi connectivity index (χ1v) is 7.39. The van der Waals surface area contributed by atoms with Crippen molar-refractivity contribution < 1.29 is 0 Å². The van der Waals surface area contributed by atoms with Crippen molar-refractivity contribution in [1.29, 1.82) is 0 Å². The first kappa shape index (κ1) is 14.5. The topological polar surface area (TPSA) is 56.7 Å². The smallest absolute Gasteiger partial charge is 0.105 e. The molecule has 3 rings (SSSR count). The maximum absolute atomic E-state index is 5.86. The summed E-state index contributed by atoms with van der Waals surface area (Å²) in [6.07, 6.45) is 0. The third-order valence-electron chi connectivity index (χ3n) is 3.85. The summed E-state index contributed by atoms with van der Waals surface area (Å²) in [6.45, 7) is 6.61. The Kier molecular flexibility index (Phi) is 3.77. The number of nitrogens with two attached hydrogens (primary N) is 1. The van der Waals surface area contributed by atoms with Gasteiger partial charge in [-0.05, 0) is 38.0 Å². The van der Waals surface area contributed by atoms with Gasteiger partial charge in [0.25, 0.3) is 0 Å². The Hall–Kier alpha value is -2.46. The second-order valence-corrected chi connectivity index (χ2v) is 5.66. The molecule has 0 saturated heterocycles. The van der Waals surface area contributed by atoms with Crippen LogP contribution >= 0.6 is 0 Å². The predicted octanol–water partition coefficient (Wildman–Crippen LogP) is 3.32. The van der Waals surface area contributed by atoms with Crippen molar-refractivity contribution in [1.82, 2.24) is 15.0 Å². The quantitative estimate of drug-likeness (QED) is 0.805. The average molecular weight is 292 g/mol. The maximum atomic E-state index is 5.86. The summed E-state index contributed by atoms with van der Waals surface area (Å²) in [6, 6.07) is 14.7. The molecule has 2 aromatic carbocycles. The van der Waals surface area contributed by atoms with Gasteiger partial charge >= 0.3 is 0 Å². The molecule has 3 aromatic rings. The van der Waals surface area contributed by atoms with Crippen molar-refractivity contribution >= 4 is 0 Å². The lowest BCUT2D eigenvalue weighted by Gasteiger charge is -2.11. The number of benzene rings is 2. The standard InChI is InChI=1S/C18H20N4/c1-12-5-8-15(9-6-12)18-16(11-19)20-21-22(18)17-10-13(2)4-7-14(17)3/h4-10H,11,19H2,1-3H3. The fourth-order valence-corrected chi connectivity index (χ4v) is 2.57. The van der Waals surface area contributed by atoms with Gasteiger partial charge in [-0.25, -0.2) is 4.68 Å². The lowest BCUT2D eigenvalue weighted by atomic mass is 10.1. The molecule has 2 N–H and O–H groups in total. The summed E-state index contributed by atoms with van der Waals surface area (Å²) in [5, 5.41) is 8.61. The molecule has 4 heteroatoms. The van der Waals surface area contributed by atoms with E-state index >= 15 is 0 Å². The van der Waals surface area contributed by atoms with Crippen molar-refractivity contribution in [2.75, 3.05) is 0 Å². The van der Waals surface area contributed by atoms with Crippen molar-refractivity contribution in [2.45, 2.75) is 27.3 Å². The number of nitrogens with zero attached hydrogens (tertiary/aromatic N) is 3. The van der Waals surface area contributed by atoms with E-state index in [1.165, 1.54) is 11.1 Å². The van der Waals surface area contributed by atoms with Gasteiger partial charge < -0.3 is 5.73 Å². The molecule has 0 saturated carbocycles. The van der Waals surface area contributed by atoms with Gasteiger partial charge in [-0.15, -0.1) is 5.10 Å². The van der Waals surface area contributed by atoms with Crippen molar-refractivity contribution in [2.24, 2.45) is 5.73 Å². The average Bonchev–Trinajstić information content (AvgIpc) is 2.94. The number of hydrogen-bond donors (Lipinski definition) is 1. The summed E-state index contributed by atoms with van der Waals surface area (Å²) in [5.41, 5.74) is 13.3. The number of hydrogen-bond acceptors (Lipinski definition) is 3. The van der Waals surface area contributed by atoms with E-state index in [1.807, 2.05) is 4.68 Å². The van der Waals surface area contributed by atoms with E-state index in [2.05, 4.69) is 73.5 Å². The van der Waals surface area contributed by atoms with Crippen LogP contribution in [0.2, 0.25) is 0 Å². The Balaban J connectivity index is 2.23. The maximum Gasteiger partial charge on any atom is 0.105 e. The van der Waals surface area contributed by atoms with E-state index in [9.17, 15) is 0 Å². The normalized spacial score (nSPS) is 10.9. The van der Waals surface area contributed by atoms with Crippen LogP contribution in [0.25, 0.3) is 16.9 Å². The highest BCUT2D eigenvalue weighted by atomic mass is 15.4. The van der Waals surface area contributed by atoms with Gasteiger partial charge in [0.05, 0.1) is 11.4 Å². The van der Waals surface area contributed by atoms with Gasteiger partial charge in [-0.1, -0.05) is 47.2 Å². The van der Waals surface area contributed by atoms with E-state index < -0.39 is 0 Å². The summed E-state index contributed by atoms with van der Waals surface area (Å²) < 4.78 is 1.90. The highest BCUT2D eigenvalue weighted by Gasteiger charge is 2.16. The van der Waals surface area contributed by atoms with Crippen LogP contribution in [0.15, 0.2) is 42.5 Å². The molecule has 0 bridgehead atoms. The minimum absolute atomic E-state index is 0.369. The summed E-state index contributed by atoms with van der Waals surface area (Å²) in [4.78, 5) is 0. The molecule has 0 aliphatic heterocycles. The first-order valence-electron chi connectivity index (χ1n) is 7.39. The number of rotatable bonds is 3. The molecule has 0 amide bonds. The third kappa shape index (κ3) is 2.53. The summed E-state index contributed by atoms with van der Waals surface area (Å²) in [5.74, 6) is 0. The lowest BCUT2D eigenvalue weighted by Crippen LogP contribution is -2.04. The van der Waals surface area contributed by atoms with E-state index in [-0.39, 0.29) is 0 Å². The zero-order valence-corrected chi connectivity index (χ0v) is 13.2. The molecular weight excluding hydrogens is 272 g/mol. The SMILES string of the molecule is Cc1ccc(-c2c(CN)nnn2-c2cc(C)ccc2C)cc1.